The summed E-state index contributed by atoms with van der Waals surface area (Å²) in [5, 5.41) is 0. The van der Waals surface area contributed by atoms with Crippen molar-refractivity contribution in [3.63, 3.8) is 0 Å². The maximum Gasteiger partial charge on any atom is 0.221 e. The van der Waals surface area contributed by atoms with Crippen molar-refractivity contribution in [2.45, 2.75) is 19.8 Å². The lowest BCUT2D eigenvalue weighted by atomic mass is 9.95. The van der Waals surface area contributed by atoms with Crippen molar-refractivity contribution in [3.05, 3.63) is 60.2 Å². The van der Waals surface area contributed by atoms with Crippen LogP contribution in [0.1, 0.15) is 18.9 Å². The summed E-state index contributed by atoms with van der Waals surface area (Å²) in [6.07, 6.45) is 9.22. The molecule has 0 aliphatic rings. The molecule has 0 aromatic heterocycles. The molecule has 2 nitrogen and oxygen atoms in total. The van der Waals surface area contributed by atoms with Crippen LogP contribution < -0.4 is 5.73 Å². The fourth-order valence-electron chi connectivity index (χ4n) is 1.63. The Morgan fingerprint density at radius 2 is 2.00 bits per heavy atom. The molecule has 1 aromatic rings. The Balaban J connectivity index is 2.58. The van der Waals surface area contributed by atoms with Gasteiger partial charge in [-0.3, -0.25) is 4.79 Å². The zero-order chi connectivity index (χ0) is 12.5. The lowest BCUT2D eigenvalue weighted by molar-refractivity contribution is -0.121. The van der Waals surface area contributed by atoms with Crippen molar-refractivity contribution < 1.29 is 4.79 Å². The minimum atomic E-state index is -0.237. The smallest absolute Gasteiger partial charge is 0.221 e. The molecule has 0 saturated heterocycles. The number of hydrogen-bond acceptors (Lipinski definition) is 1. The first-order valence-electron chi connectivity index (χ1n) is 5.85. The van der Waals surface area contributed by atoms with Crippen LogP contribution in [0.2, 0.25) is 0 Å². The minimum absolute atomic E-state index is 0.126. The van der Waals surface area contributed by atoms with Crippen molar-refractivity contribution in [2.75, 3.05) is 0 Å². The van der Waals surface area contributed by atoms with Crippen LogP contribution >= 0.6 is 0 Å². The number of allylic oxidation sites excluding steroid dienone is 4. The molecular formula is C15H19NO. The maximum absolute atomic E-state index is 11.3. The molecule has 0 aliphatic heterocycles. The van der Waals surface area contributed by atoms with Gasteiger partial charge in [0.1, 0.15) is 0 Å². The number of hydrogen-bond donors (Lipinski definition) is 1. The molecule has 0 bridgehead atoms. The van der Waals surface area contributed by atoms with Crippen molar-refractivity contribution in [2.24, 2.45) is 11.7 Å². The van der Waals surface area contributed by atoms with Crippen LogP contribution in [0, 0.1) is 5.92 Å². The first kappa shape index (κ1) is 13.2. The number of nitrogens with two attached hydrogens (primary N) is 1. The van der Waals surface area contributed by atoms with E-state index >= 15 is 0 Å². The van der Waals surface area contributed by atoms with Gasteiger partial charge in [0.05, 0.1) is 0 Å². The lowest BCUT2D eigenvalue weighted by Gasteiger charge is -2.10. The van der Waals surface area contributed by atoms with Gasteiger partial charge in [0.25, 0.3) is 0 Å². The van der Waals surface area contributed by atoms with Crippen LogP contribution in [0.25, 0.3) is 0 Å². The fraction of sp³-hybridized carbons (Fsp3) is 0.267. The standard InChI is InChI=1S/C15H19NO/c1-2-3-4-8-11-14(15(16)17)12-13-9-6-5-7-10-13/h2-10,14H,11-12H2,1H3,(H2,16,17)/b3-2+,8-4+/t14-/m0/s1. The summed E-state index contributed by atoms with van der Waals surface area (Å²) in [4.78, 5) is 11.3. The van der Waals surface area contributed by atoms with Gasteiger partial charge < -0.3 is 5.73 Å². The van der Waals surface area contributed by atoms with Gasteiger partial charge >= 0.3 is 0 Å². The second-order valence-electron chi connectivity index (χ2n) is 3.98. The van der Waals surface area contributed by atoms with E-state index in [9.17, 15) is 4.79 Å². The van der Waals surface area contributed by atoms with E-state index in [1.54, 1.807) is 0 Å². The highest BCUT2D eigenvalue weighted by Crippen LogP contribution is 2.12. The zero-order valence-electron chi connectivity index (χ0n) is 10.2. The summed E-state index contributed by atoms with van der Waals surface area (Å²) < 4.78 is 0. The molecule has 0 saturated carbocycles. The predicted molar refractivity (Wildman–Crippen MR) is 71.4 cm³/mol. The fourth-order valence-corrected chi connectivity index (χ4v) is 1.63. The van der Waals surface area contributed by atoms with E-state index in [0.29, 0.717) is 12.8 Å². The summed E-state index contributed by atoms with van der Waals surface area (Å²) in [6.45, 7) is 1.96. The normalized spacial score (nSPS) is 13.2. The molecule has 1 atom stereocenters. The molecule has 0 fully saturated rings. The molecule has 0 unspecified atom stereocenters. The van der Waals surface area contributed by atoms with Crippen molar-refractivity contribution in [3.8, 4) is 0 Å². The predicted octanol–water partition coefficient (Wildman–Crippen LogP) is 2.85. The molecule has 90 valence electrons. The van der Waals surface area contributed by atoms with Crippen LogP contribution in [-0.4, -0.2) is 5.91 Å². The van der Waals surface area contributed by atoms with Crippen molar-refractivity contribution >= 4 is 5.91 Å². The van der Waals surface area contributed by atoms with Gasteiger partial charge in [-0.2, -0.15) is 0 Å². The molecule has 1 amide bonds. The molecule has 1 rings (SSSR count). The zero-order valence-corrected chi connectivity index (χ0v) is 10.2. The Hall–Kier alpha value is -1.83. The van der Waals surface area contributed by atoms with Gasteiger partial charge in [-0.05, 0) is 25.3 Å². The third-order valence-electron chi connectivity index (χ3n) is 2.59. The van der Waals surface area contributed by atoms with E-state index in [4.69, 9.17) is 5.73 Å². The first-order chi connectivity index (χ1) is 8.24. The van der Waals surface area contributed by atoms with E-state index in [1.807, 2.05) is 61.6 Å². The SMILES string of the molecule is C/C=C/C=C/C[C@@H](Cc1ccccc1)C(N)=O. The summed E-state index contributed by atoms with van der Waals surface area (Å²) in [5.74, 6) is -0.363. The first-order valence-corrected chi connectivity index (χ1v) is 5.85. The van der Waals surface area contributed by atoms with E-state index in [1.165, 1.54) is 0 Å². The summed E-state index contributed by atoms with van der Waals surface area (Å²) in [5.41, 5.74) is 6.56. The van der Waals surface area contributed by atoms with Gasteiger partial charge in [0.15, 0.2) is 0 Å². The van der Waals surface area contributed by atoms with Gasteiger partial charge in [-0.15, -0.1) is 0 Å². The number of carbonyl (C=O) groups is 1. The van der Waals surface area contributed by atoms with Gasteiger partial charge in [0.2, 0.25) is 5.91 Å². The molecule has 0 spiro atoms. The average Bonchev–Trinajstić information content (AvgIpc) is 2.34. The number of amides is 1. The molecule has 0 aliphatic carbocycles. The summed E-state index contributed by atoms with van der Waals surface area (Å²) in [7, 11) is 0. The molecule has 2 heteroatoms. The Morgan fingerprint density at radius 3 is 2.59 bits per heavy atom. The van der Waals surface area contributed by atoms with Crippen LogP contribution in [0.4, 0.5) is 0 Å². The van der Waals surface area contributed by atoms with E-state index in [2.05, 4.69) is 0 Å². The third-order valence-corrected chi connectivity index (χ3v) is 2.59. The number of rotatable bonds is 6. The van der Waals surface area contributed by atoms with Crippen molar-refractivity contribution in [1.82, 2.24) is 0 Å². The van der Waals surface area contributed by atoms with E-state index < -0.39 is 0 Å². The topological polar surface area (TPSA) is 43.1 Å². The third kappa shape index (κ3) is 5.16. The van der Waals surface area contributed by atoms with Gasteiger partial charge in [-0.25, -0.2) is 0 Å². The largest absolute Gasteiger partial charge is 0.369 e. The van der Waals surface area contributed by atoms with Crippen LogP contribution in [0.5, 0.6) is 0 Å². The van der Waals surface area contributed by atoms with E-state index in [-0.39, 0.29) is 11.8 Å². The van der Waals surface area contributed by atoms with Crippen LogP contribution in [0.15, 0.2) is 54.6 Å². The Morgan fingerprint density at radius 1 is 1.29 bits per heavy atom. The van der Waals surface area contributed by atoms with Gasteiger partial charge in [-0.1, -0.05) is 54.6 Å². The summed E-state index contributed by atoms with van der Waals surface area (Å²) in [6, 6.07) is 9.96. The number of carbonyl (C=O) groups excluding carboxylic acids is 1. The average molecular weight is 229 g/mol. The molecule has 0 radical (unpaired) electrons. The van der Waals surface area contributed by atoms with Crippen LogP contribution in [0.3, 0.4) is 0 Å². The quantitative estimate of drug-likeness (QED) is 0.749. The monoisotopic (exact) mass is 229 g/mol. The molecule has 0 heterocycles. The highest BCUT2D eigenvalue weighted by Gasteiger charge is 2.13. The number of primary amides is 1. The lowest BCUT2D eigenvalue weighted by Crippen LogP contribution is -2.24. The minimum Gasteiger partial charge on any atom is -0.369 e. The van der Waals surface area contributed by atoms with Crippen LogP contribution in [-0.2, 0) is 11.2 Å². The Bertz CT molecular complexity index is 393. The maximum atomic E-state index is 11.3. The molecule has 2 N–H and O–H groups in total. The second-order valence-corrected chi connectivity index (χ2v) is 3.98. The highest BCUT2D eigenvalue weighted by atomic mass is 16.1. The van der Waals surface area contributed by atoms with E-state index in [0.717, 1.165) is 5.56 Å². The van der Waals surface area contributed by atoms with Crippen molar-refractivity contribution in [1.29, 1.82) is 0 Å². The Labute approximate surface area is 103 Å². The van der Waals surface area contributed by atoms with Gasteiger partial charge in [0, 0.05) is 5.92 Å². The molecular weight excluding hydrogens is 210 g/mol. The Kier molecular flexibility index (Phi) is 5.80. The number of benzene rings is 1. The molecule has 1 aromatic carbocycles. The summed E-state index contributed by atoms with van der Waals surface area (Å²) >= 11 is 0. The second kappa shape index (κ2) is 7.44. The highest BCUT2D eigenvalue weighted by molar-refractivity contribution is 5.77. The molecule has 17 heavy (non-hydrogen) atoms.